The molecule has 1 atom stereocenters. The first-order valence-electron chi connectivity index (χ1n) is 3.45. The van der Waals surface area contributed by atoms with Crippen molar-refractivity contribution in [3.8, 4) is 0 Å². The van der Waals surface area contributed by atoms with Gasteiger partial charge in [0.2, 0.25) is 0 Å². The van der Waals surface area contributed by atoms with Crippen LogP contribution in [0, 0.1) is 11.3 Å². The van der Waals surface area contributed by atoms with Crippen LogP contribution in [0.4, 0.5) is 0 Å². The monoisotopic (exact) mass is 140 g/mol. The molecule has 3 heteroatoms. The van der Waals surface area contributed by atoms with Crippen molar-refractivity contribution in [1.29, 1.82) is 5.41 Å². The number of hydrogen-bond donors (Lipinski definition) is 3. The standard InChI is InChI=1S/C7H12N2O/c8-3-1-7(10)6-2-4-9-5-6/h1,3,6,8-10H,2,4-5H2/b7-1-,8-3?. The lowest BCUT2D eigenvalue weighted by atomic mass is 10.1. The van der Waals surface area contributed by atoms with Gasteiger partial charge in [0, 0.05) is 18.7 Å². The fraction of sp³-hybridized carbons (Fsp3) is 0.571. The van der Waals surface area contributed by atoms with Crippen molar-refractivity contribution in [3.63, 3.8) is 0 Å². The lowest BCUT2D eigenvalue weighted by molar-refractivity contribution is 0.341. The molecule has 0 spiro atoms. The van der Waals surface area contributed by atoms with E-state index in [1.54, 1.807) is 0 Å². The van der Waals surface area contributed by atoms with Crippen molar-refractivity contribution < 1.29 is 5.11 Å². The average Bonchev–Trinajstić information content (AvgIpc) is 2.38. The predicted octanol–water partition coefficient (Wildman–Crippen LogP) is 0.687. The Morgan fingerprint density at radius 1 is 1.70 bits per heavy atom. The van der Waals surface area contributed by atoms with Gasteiger partial charge in [-0.05, 0) is 19.0 Å². The highest BCUT2D eigenvalue weighted by Crippen LogP contribution is 2.14. The van der Waals surface area contributed by atoms with Crippen LogP contribution in [0.2, 0.25) is 0 Å². The highest BCUT2D eigenvalue weighted by Gasteiger charge is 2.17. The van der Waals surface area contributed by atoms with Gasteiger partial charge in [0.25, 0.3) is 0 Å². The maximum absolute atomic E-state index is 9.22. The Kier molecular flexibility index (Phi) is 2.45. The van der Waals surface area contributed by atoms with E-state index in [9.17, 15) is 5.11 Å². The molecule has 0 radical (unpaired) electrons. The van der Waals surface area contributed by atoms with Gasteiger partial charge < -0.3 is 15.8 Å². The van der Waals surface area contributed by atoms with Gasteiger partial charge in [-0.15, -0.1) is 0 Å². The third-order valence-corrected chi connectivity index (χ3v) is 1.73. The van der Waals surface area contributed by atoms with Gasteiger partial charge in [-0.3, -0.25) is 0 Å². The number of aliphatic hydroxyl groups is 1. The maximum Gasteiger partial charge on any atom is 0.0981 e. The smallest absolute Gasteiger partial charge is 0.0981 e. The molecule has 0 aliphatic carbocycles. The van der Waals surface area contributed by atoms with E-state index in [0.29, 0.717) is 5.76 Å². The van der Waals surface area contributed by atoms with Crippen LogP contribution < -0.4 is 5.32 Å². The maximum atomic E-state index is 9.22. The molecule has 1 heterocycles. The van der Waals surface area contributed by atoms with Crippen LogP contribution in [-0.4, -0.2) is 24.4 Å². The Bertz CT molecular complexity index is 148. The van der Waals surface area contributed by atoms with Crippen LogP contribution in [-0.2, 0) is 0 Å². The topological polar surface area (TPSA) is 56.1 Å². The highest BCUT2D eigenvalue weighted by molar-refractivity contribution is 5.68. The SMILES string of the molecule is N=C/C=C(\O)C1CCNC1. The molecule has 1 unspecified atom stereocenters. The summed E-state index contributed by atoms with van der Waals surface area (Å²) in [5.41, 5.74) is 0. The summed E-state index contributed by atoms with van der Waals surface area (Å²) in [6.07, 6.45) is 3.54. The molecule has 0 amide bonds. The molecular formula is C7H12N2O. The summed E-state index contributed by atoms with van der Waals surface area (Å²) in [4.78, 5) is 0. The third kappa shape index (κ3) is 1.57. The average molecular weight is 140 g/mol. The summed E-state index contributed by atoms with van der Waals surface area (Å²) < 4.78 is 0. The fourth-order valence-electron chi connectivity index (χ4n) is 1.13. The lowest BCUT2D eigenvalue weighted by Crippen LogP contribution is -2.10. The van der Waals surface area contributed by atoms with Gasteiger partial charge in [-0.1, -0.05) is 0 Å². The van der Waals surface area contributed by atoms with E-state index in [-0.39, 0.29) is 5.92 Å². The molecule has 0 saturated carbocycles. The Labute approximate surface area is 60.3 Å². The molecule has 1 aliphatic heterocycles. The normalized spacial score (nSPS) is 26.8. The van der Waals surface area contributed by atoms with Gasteiger partial charge in [0.05, 0.1) is 5.76 Å². The molecule has 3 N–H and O–H groups in total. The summed E-state index contributed by atoms with van der Waals surface area (Å²) in [5.74, 6) is 0.571. The van der Waals surface area contributed by atoms with Crippen LogP contribution in [0.5, 0.6) is 0 Å². The molecule has 0 aromatic carbocycles. The van der Waals surface area contributed by atoms with E-state index in [4.69, 9.17) is 5.41 Å². The molecule has 0 aromatic rings. The molecule has 0 aromatic heterocycles. The first-order chi connectivity index (χ1) is 4.84. The minimum Gasteiger partial charge on any atom is -0.512 e. The number of aliphatic hydroxyl groups excluding tert-OH is 1. The molecule has 10 heavy (non-hydrogen) atoms. The van der Waals surface area contributed by atoms with E-state index in [2.05, 4.69) is 5.32 Å². The summed E-state index contributed by atoms with van der Waals surface area (Å²) in [7, 11) is 0. The summed E-state index contributed by atoms with van der Waals surface area (Å²) in [6.45, 7) is 1.82. The van der Waals surface area contributed by atoms with Gasteiger partial charge >= 0.3 is 0 Å². The minimum atomic E-state index is 0.238. The van der Waals surface area contributed by atoms with Crippen LogP contribution in [0.25, 0.3) is 0 Å². The van der Waals surface area contributed by atoms with Crippen LogP contribution >= 0.6 is 0 Å². The van der Waals surface area contributed by atoms with Gasteiger partial charge in [-0.25, -0.2) is 0 Å². The number of hydrogen-bond acceptors (Lipinski definition) is 3. The second-order valence-electron chi connectivity index (χ2n) is 2.45. The Morgan fingerprint density at radius 3 is 3.00 bits per heavy atom. The molecule has 1 saturated heterocycles. The number of nitrogens with one attached hydrogen (secondary N) is 2. The summed E-state index contributed by atoms with van der Waals surface area (Å²) in [5, 5.41) is 19.1. The van der Waals surface area contributed by atoms with Gasteiger partial charge in [0.1, 0.15) is 0 Å². The largest absolute Gasteiger partial charge is 0.512 e. The zero-order valence-corrected chi connectivity index (χ0v) is 5.80. The second-order valence-corrected chi connectivity index (χ2v) is 2.45. The molecule has 1 aliphatic rings. The summed E-state index contributed by atoms with van der Waals surface area (Å²) in [6, 6.07) is 0. The van der Waals surface area contributed by atoms with Crippen molar-refractivity contribution in [2.45, 2.75) is 6.42 Å². The minimum absolute atomic E-state index is 0.238. The van der Waals surface area contributed by atoms with E-state index < -0.39 is 0 Å². The van der Waals surface area contributed by atoms with Crippen LogP contribution in [0.3, 0.4) is 0 Å². The quantitative estimate of drug-likeness (QED) is 0.390. The predicted molar refractivity (Wildman–Crippen MR) is 40.5 cm³/mol. The zero-order valence-electron chi connectivity index (χ0n) is 5.80. The highest BCUT2D eigenvalue weighted by atomic mass is 16.3. The first-order valence-corrected chi connectivity index (χ1v) is 3.45. The molecule has 3 nitrogen and oxygen atoms in total. The van der Waals surface area contributed by atoms with Crippen molar-refractivity contribution in [1.82, 2.24) is 5.32 Å². The van der Waals surface area contributed by atoms with Crippen molar-refractivity contribution in [3.05, 3.63) is 11.8 Å². The van der Waals surface area contributed by atoms with E-state index in [1.807, 2.05) is 0 Å². The molecule has 0 bridgehead atoms. The number of rotatable bonds is 2. The lowest BCUT2D eigenvalue weighted by Gasteiger charge is -2.04. The summed E-state index contributed by atoms with van der Waals surface area (Å²) >= 11 is 0. The van der Waals surface area contributed by atoms with Crippen molar-refractivity contribution in [2.24, 2.45) is 5.92 Å². The van der Waals surface area contributed by atoms with Gasteiger partial charge in [0.15, 0.2) is 0 Å². The van der Waals surface area contributed by atoms with Crippen molar-refractivity contribution in [2.75, 3.05) is 13.1 Å². The number of allylic oxidation sites excluding steroid dienone is 1. The Balaban J connectivity index is 2.46. The van der Waals surface area contributed by atoms with E-state index in [0.717, 1.165) is 25.7 Å². The fourth-order valence-corrected chi connectivity index (χ4v) is 1.13. The van der Waals surface area contributed by atoms with Crippen LogP contribution in [0.15, 0.2) is 11.8 Å². The molecule has 1 rings (SSSR count). The van der Waals surface area contributed by atoms with E-state index >= 15 is 0 Å². The van der Waals surface area contributed by atoms with Gasteiger partial charge in [-0.2, -0.15) is 0 Å². The first kappa shape index (κ1) is 7.28. The van der Waals surface area contributed by atoms with Crippen molar-refractivity contribution >= 4 is 6.21 Å². The Hall–Kier alpha value is -0.830. The third-order valence-electron chi connectivity index (χ3n) is 1.73. The van der Waals surface area contributed by atoms with E-state index in [1.165, 1.54) is 6.08 Å². The zero-order chi connectivity index (χ0) is 7.40. The molecule has 1 fully saturated rings. The Morgan fingerprint density at radius 2 is 2.50 bits per heavy atom. The molecular weight excluding hydrogens is 128 g/mol. The second kappa shape index (κ2) is 3.37. The molecule has 56 valence electrons. The van der Waals surface area contributed by atoms with Crippen LogP contribution in [0.1, 0.15) is 6.42 Å².